The summed E-state index contributed by atoms with van der Waals surface area (Å²) in [6.07, 6.45) is 7.30. The van der Waals surface area contributed by atoms with Crippen LogP contribution < -0.4 is 10.7 Å². The Morgan fingerprint density at radius 1 is 1.10 bits per heavy atom. The molecule has 0 unspecified atom stereocenters. The number of nitrogens with zero attached hydrogens (tertiary/aromatic N) is 3. The average Bonchev–Trinajstić information content (AvgIpc) is 3.71. The molecule has 11 heteroatoms. The fourth-order valence-electron chi connectivity index (χ4n) is 5.09. The molecule has 1 saturated heterocycles. The highest BCUT2D eigenvalue weighted by Gasteiger charge is 2.28. The summed E-state index contributed by atoms with van der Waals surface area (Å²) >= 11 is 14.3. The SMILES string of the molecule is COC(=O)NCc1c(C(=O)NN2CCCCC2)nn(-c2ccc(Cl)cc2Cl)c1-c1ccc(C#CC2CCCC2)s1. The fraction of sp³-hybridized carbons (Fsp3) is 0.414. The Bertz CT molecular complexity index is 1450. The number of ether oxygens (including phenoxy) is 1. The van der Waals surface area contributed by atoms with Crippen molar-refractivity contribution in [3.8, 4) is 28.1 Å². The monoisotopic (exact) mass is 599 g/mol. The maximum Gasteiger partial charge on any atom is 0.407 e. The lowest BCUT2D eigenvalue weighted by atomic mass is 10.1. The van der Waals surface area contributed by atoms with Crippen molar-refractivity contribution in [2.24, 2.45) is 5.92 Å². The lowest BCUT2D eigenvalue weighted by molar-refractivity contribution is 0.0743. The number of hydrogen-bond acceptors (Lipinski definition) is 6. The van der Waals surface area contributed by atoms with Crippen LogP contribution in [-0.2, 0) is 11.3 Å². The number of alkyl carbamates (subject to hydrolysis) is 1. The first-order valence-electron chi connectivity index (χ1n) is 13.5. The third-order valence-electron chi connectivity index (χ3n) is 7.14. The lowest BCUT2D eigenvalue weighted by Crippen LogP contribution is -2.45. The van der Waals surface area contributed by atoms with Gasteiger partial charge in [0.15, 0.2) is 5.69 Å². The number of rotatable bonds is 6. The summed E-state index contributed by atoms with van der Waals surface area (Å²) in [5.74, 6) is 6.84. The molecule has 3 aromatic rings. The van der Waals surface area contributed by atoms with Crippen molar-refractivity contribution >= 4 is 46.5 Å². The quantitative estimate of drug-likeness (QED) is 0.318. The smallest absolute Gasteiger partial charge is 0.407 e. The first kappa shape index (κ1) is 28.5. The molecule has 0 radical (unpaired) electrons. The van der Waals surface area contributed by atoms with Gasteiger partial charge in [0.1, 0.15) is 0 Å². The van der Waals surface area contributed by atoms with Crippen molar-refractivity contribution in [1.29, 1.82) is 0 Å². The van der Waals surface area contributed by atoms with E-state index in [1.54, 1.807) is 22.9 Å². The van der Waals surface area contributed by atoms with E-state index in [-0.39, 0.29) is 18.1 Å². The number of nitrogens with one attached hydrogen (secondary N) is 2. The summed E-state index contributed by atoms with van der Waals surface area (Å²) in [7, 11) is 1.30. The van der Waals surface area contributed by atoms with Crippen molar-refractivity contribution in [1.82, 2.24) is 25.5 Å². The standard InChI is InChI=1S/C29H31Cl2N5O3S/c1-39-29(38)32-18-22-26(28(37)34-35-15-5-2-6-16-35)33-36(24-13-10-20(30)17-23(24)31)27(22)25-14-12-21(40-25)11-9-19-7-3-4-8-19/h10,12-14,17,19H,2-8,15-16,18H2,1H3,(H,32,38)(H,34,37). The van der Waals surface area contributed by atoms with Crippen LogP contribution in [0.4, 0.5) is 4.79 Å². The number of halogens is 2. The van der Waals surface area contributed by atoms with Gasteiger partial charge in [0, 0.05) is 29.6 Å². The largest absolute Gasteiger partial charge is 0.453 e. The maximum atomic E-state index is 13.6. The van der Waals surface area contributed by atoms with E-state index in [2.05, 4.69) is 22.6 Å². The third-order valence-corrected chi connectivity index (χ3v) is 8.69. The van der Waals surface area contributed by atoms with E-state index in [0.717, 1.165) is 54.9 Å². The Balaban J connectivity index is 1.60. The Morgan fingerprint density at radius 2 is 1.88 bits per heavy atom. The van der Waals surface area contributed by atoms with Gasteiger partial charge >= 0.3 is 6.09 Å². The van der Waals surface area contributed by atoms with E-state index >= 15 is 0 Å². The molecular formula is C29H31Cl2N5O3S. The Labute approximate surface area is 247 Å². The number of thiophene rings is 1. The molecule has 0 bridgehead atoms. The Kier molecular flexibility index (Phi) is 9.33. The van der Waals surface area contributed by atoms with Gasteiger partial charge in [-0.1, -0.05) is 54.3 Å². The number of aromatic nitrogens is 2. The van der Waals surface area contributed by atoms with Crippen LogP contribution in [0, 0.1) is 17.8 Å². The summed E-state index contributed by atoms with van der Waals surface area (Å²) in [5, 5.41) is 10.3. The normalized spacial score (nSPS) is 15.9. The molecule has 3 heterocycles. The molecule has 2 fully saturated rings. The van der Waals surface area contributed by atoms with Crippen LogP contribution >= 0.6 is 34.5 Å². The van der Waals surface area contributed by atoms with Crippen LogP contribution in [0.5, 0.6) is 0 Å². The zero-order valence-corrected chi connectivity index (χ0v) is 24.6. The molecule has 2 amide bonds. The van der Waals surface area contributed by atoms with Crippen LogP contribution in [0.2, 0.25) is 10.0 Å². The second-order valence-corrected chi connectivity index (χ2v) is 11.9. The lowest BCUT2D eigenvalue weighted by Gasteiger charge is -2.26. The highest BCUT2D eigenvalue weighted by atomic mass is 35.5. The van der Waals surface area contributed by atoms with Gasteiger partial charge in [0.2, 0.25) is 0 Å². The molecule has 1 aliphatic carbocycles. The van der Waals surface area contributed by atoms with Gasteiger partial charge in [-0.2, -0.15) is 5.10 Å². The minimum Gasteiger partial charge on any atom is -0.453 e. The number of hydrazine groups is 1. The van der Waals surface area contributed by atoms with Crippen molar-refractivity contribution in [3.63, 3.8) is 0 Å². The van der Waals surface area contributed by atoms with Gasteiger partial charge < -0.3 is 10.1 Å². The second-order valence-electron chi connectivity index (χ2n) is 9.93. The summed E-state index contributed by atoms with van der Waals surface area (Å²) in [5.41, 5.74) is 4.94. The first-order valence-corrected chi connectivity index (χ1v) is 15.1. The predicted molar refractivity (Wildman–Crippen MR) is 158 cm³/mol. The van der Waals surface area contributed by atoms with Crippen molar-refractivity contribution in [2.75, 3.05) is 20.2 Å². The van der Waals surface area contributed by atoms with E-state index in [4.69, 9.17) is 33.0 Å². The van der Waals surface area contributed by atoms with Crippen LogP contribution in [-0.4, -0.2) is 47.0 Å². The molecule has 1 aliphatic heterocycles. The predicted octanol–water partition coefficient (Wildman–Crippen LogP) is 6.44. The van der Waals surface area contributed by atoms with Crippen molar-refractivity contribution < 1.29 is 14.3 Å². The molecule has 8 nitrogen and oxygen atoms in total. The fourth-order valence-corrected chi connectivity index (χ4v) is 6.51. The van der Waals surface area contributed by atoms with Crippen LogP contribution in [0.1, 0.15) is 65.9 Å². The molecule has 2 N–H and O–H groups in total. The summed E-state index contributed by atoms with van der Waals surface area (Å²) < 4.78 is 6.46. The topological polar surface area (TPSA) is 88.5 Å². The number of piperidine rings is 1. The van der Waals surface area contributed by atoms with E-state index < -0.39 is 6.09 Å². The van der Waals surface area contributed by atoms with Gasteiger partial charge in [-0.25, -0.2) is 14.5 Å². The van der Waals surface area contributed by atoms with Gasteiger partial charge in [-0.15, -0.1) is 11.3 Å². The highest BCUT2D eigenvalue weighted by molar-refractivity contribution is 7.16. The molecule has 0 spiro atoms. The van der Waals surface area contributed by atoms with Crippen LogP contribution in [0.3, 0.4) is 0 Å². The van der Waals surface area contributed by atoms with E-state index in [0.29, 0.717) is 32.9 Å². The molecule has 2 aliphatic rings. The highest BCUT2D eigenvalue weighted by Crippen LogP contribution is 2.37. The molecule has 0 atom stereocenters. The molecule has 2 aromatic heterocycles. The number of methoxy groups -OCH3 is 1. The van der Waals surface area contributed by atoms with Crippen molar-refractivity contribution in [2.45, 2.75) is 51.5 Å². The number of carbonyl (C=O) groups is 2. The molecule has 1 saturated carbocycles. The Morgan fingerprint density at radius 3 is 2.60 bits per heavy atom. The zero-order chi connectivity index (χ0) is 28.1. The van der Waals surface area contributed by atoms with Crippen LogP contribution in [0.25, 0.3) is 16.3 Å². The zero-order valence-electron chi connectivity index (χ0n) is 22.3. The summed E-state index contributed by atoms with van der Waals surface area (Å²) in [6.45, 7) is 1.56. The Hall–Kier alpha value is -3.03. The summed E-state index contributed by atoms with van der Waals surface area (Å²) in [4.78, 5) is 27.5. The van der Waals surface area contributed by atoms with Gasteiger partial charge in [0.25, 0.3) is 5.91 Å². The average molecular weight is 601 g/mol. The molecule has 210 valence electrons. The number of hydrogen-bond donors (Lipinski definition) is 2. The van der Waals surface area contributed by atoms with Gasteiger partial charge in [-0.3, -0.25) is 10.2 Å². The molecule has 1 aromatic carbocycles. The summed E-state index contributed by atoms with van der Waals surface area (Å²) in [6, 6.07) is 9.07. The van der Waals surface area contributed by atoms with Gasteiger partial charge in [-0.05, 0) is 56.0 Å². The second kappa shape index (κ2) is 13.1. The minimum absolute atomic E-state index is 0.0248. The number of benzene rings is 1. The number of amides is 2. The van der Waals surface area contributed by atoms with E-state index in [1.165, 1.54) is 31.3 Å². The number of carbonyl (C=O) groups excluding carboxylic acids is 2. The third kappa shape index (κ3) is 6.64. The van der Waals surface area contributed by atoms with Gasteiger partial charge in [0.05, 0.1) is 39.8 Å². The molecule has 40 heavy (non-hydrogen) atoms. The van der Waals surface area contributed by atoms with Crippen LogP contribution in [0.15, 0.2) is 30.3 Å². The van der Waals surface area contributed by atoms with E-state index in [9.17, 15) is 9.59 Å². The minimum atomic E-state index is -0.611. The molecule has 5 rings (SSSR count). The maximum absolute atomic E-state index is 13.6. The molecular weight excluding hydrogens is 569 g/mol. The van der Waals surface area contributed by atoms with E-state index in [1.807, 2.05) is 17.1 Å². The van der Waals surface area contributed by atoms with Crippen molar-refractivity contribution in [3.05, 3.63) is 56.5 Å². The first-order chi connectivity index (χ1) is 19.4.